The number of hydrogen-bond acceptors (Lipinski definition) is 4. The van der Waals surface area contributed by atoms with E-state index >= 15 is 0 Å². The van der Waals surface area contributed by atoms with Gasteiger partial charge in [-0.3, -0.25) is 4.79 Å². The van der Waals surface area contributed by atoms with Crippen LogP contribution in [0.3, 0.4) is 0 Å². The zero-order valence-electron chi connectivity index (χ0n) is 18.0. The van der Waals surface area contributed by atoms with E-state index in [4.69, 9.17) is 16.0 Å². The number of nitrogens with one attached hydrogen (secondary N) is 1. The number of fused-ring (bicyclic) bond motifs is 2. The summed E-state index contributed by atoms with van der Waals surface area (Å²) < 4.78 is 20.3. The van der Waals surface area contributed by atoms with Gasteiger partial charge in [0.05, 0.1) is 6.21 Å². The Kier molecular flexibility index (Phi) is 5.52. The largest absolute Gasteiger partial charge is 0.451 e. The van der Waals surface area contributed by atoms with Gasteiger partial charge in [0.1, 0.15) is 11.4 Å². The molecule has 2 aromatic carbocycles. The normalized spacial score (nSPS) is 17.9. The predicted octanol–water partition coefficient (Wildman–Crippen LogP) is 6.10. The van der Waals surface area contributed by atoms with Gasteiger partial charge in [-0.25, -0.2) is 9.82 Å². The molecule has 0 spiro atoms. The maximum atomic E-state index is 14.8. The lowest BCUT2D eigenvalue weighted by Crippen LogP contribution is -2.48. The van der Waals surface area contributed by atoms with Crippen molar-refractivity contribution in [1.29, 1.82) is 0 Å². The second kappa shape index (κ2) is 8.00. The summed E-state index contributed by atoms with van der Waals surface area (Å²) in [5, 5.41) is 5.22. The van der Waals surface area contributed by atoms with Crippen LogP contribution in [0.2, 0.25) is 5.02 Å². The van der Waals surface area contributed by atoms with E-state index in [2.05, 4.69) is 43.1 Å². The number of carbonyl (C=O) groups excluding carboxylic acids is 1. The average Bonchev–Trinajstić information content (AvgIpc) is 3.11. The molecule has 0 saturated carbocycles. The molecule has 0 saturated heterocycles. The third kappa shape index (κ3) is 4.04. The first-order valence-electron chi connectivity index (χ1n) is 10.3. The summed E-state index contributed by atoms with van der Waals surface area (Å²) in [5.74, 6) is -0.500. The van der Waals surface area contributed by atoms with Gasteiger partial charge in [-0.05, 0) is 75.1 Å². The molecule has 1 atom stereocenters. The molecule has 2 heterocycles. The Labute approximate surface area is 185 Å². The SMILES string of the molecule is CCN1c2cc(F)c(/C=N\NC(=O)c3cc4cc(Cl)ccc4o3)cc2C(C)CC1(C)C. The molecule has 1 aliphatic heterocycles. The van der Waals surface area contributed by atoms with E-state index in [-0.39, 0.29) is 23.0 Å². The Morgan fingerprint density at radius 1 is 1.35 bits per heavy atom. The Balaban J connectivity index is 1.55. The van der Waals surface area contributed by atoms with Crippen molar-refractivity contribution in [1.82, 2.24) is 5.43 Å². The van der Waals surface area contributed by atoms with Gasteiger partial charge in [-0.1, -0.05) is 18.5 Å². The molecular weight excluding hydrogens is 417 g/mol. The number of carbonyl (C=O) groups is 1. The standard InChI is InChI=1S/C24H25ClFN3O2/c1-5-29-20-11-19(26)16(9-18(20)14(2)12-24(29,3)4)13-27-28-23(30)22-10-15-8-17(25)6-7-21(15)31-22/h6-11,13-14H,5,12H2,1-4H3,(H,28,30)/b27-13-. The van der Waals surface area contributed by atoms with Gasteiger partial charge in [-0.15, -0.1) is 0 Å². The van der Waals surface area contributed by atoms with Crippen LogP contribution in [0, 0.1) is 5.82 Å². The highest BCUT2D eigenvalue weighted by atomic mass is 35.5. The summed E-state index contributed by atoms with van der Waals surface area (Å²) in [5.41, 5.74) is 5.26. The molecule has 0 fully saturated rings. The van der Waals surface area contributed by atoms with Gasteiger partial charge in [0.2, 0.25) is 0 Å². The molecule has 31 heavy (non-hydrogen) atoms. The molecule has 0 aliphatic carbocycles. The second-order valence-electron chi connectivity index (χ2n) is 8.59. The summed E-state index contributed by atoms with van der Waals surface area (Å²) in [6, 6.07) is 10.1. The van der Waals surface area contributed by atoms with Crippen molar-refractivity contribution in [3.8, 4) is 0 Å². The van der Waals surface area contributed by atoms with Crippen molar-refractivity contribution >= 4 is 40.4 Å². The number of amides is 1. The summed E-state index contributed by atoms with van der Waals surface area (Å²) >= 11 is 5.96. The van der Waals surface area contributed by atoms with Crippen molar-refractivity contribution in [3.63, 3.8) is 0 Å². The van der Waals surface area contributed by atoms with Gasteiger partial charge in [-0.2, -0.15) is 5.10 Å². The number of anilines is 1. The fourth-order valence-electron chi connectivity index (χ4n) is 4.56. The first-order chi connectivity index (χ1) is 14.7. The zero-order valence-corrected chi connectivity index (χ0v) is 18.8. The fourth-order valence-corrected chi connectivity index (χ4v) is 4.74. The van der Waals surface area contributed by atoms with Crippen LogP contribution >= 0.6 is 11.6 Å². The van der Waals surface area contributed by atoms with Crippen LogP contribution in [0.25, 0.3) is 11.0 Å². The first kappa shape index (κ1) is 21.4. The van der Waals surface area contributed by atoms with Crippen LogP contribution in [0.15, 0.2) is 45.9 Å². The van der Waals surface area contributed by atoms with Crippen LogP contribution in [0.4, 0.5) is 10.1 Å². The highest BCUT2D eigenvalue weighted by Crippen LogP contribution is 2.43. The summed E-state index contributed by atoms with van der Waals surface area (Å²) in [7, 11) is 0. The van der Waals surface area contributed by atoms with Crippen molar-refractivity contribution in [3.05, 3.63) is 64.1 Å². The number of furan rings is 1. The third-order valence-electron chi connectivity index (χ3n) is 5.89. The quantitative estimate of drug-likeness (QED) is 0.393. The molecule has 1 aromatic heterocycles. The van der Waals surface area contributed by atoms with Crippen molar-refractivity contribution in [2.75, 3.05) is 11.4 Å². The lowest BCUT2D eigenvalue weighted by Gasteiger charge is -2.47. The van der Waals surface area contributed by atoms with Gasteiger partial charge >= 0.3 is 5.91 Å². The minimum atomic E-state index is -0.519. The summed E-state index contributed by atoms with van der Waals surface area (Å²) in [6.07, 6.45) is 2.30. The number of benzene rings is 2. The molecule has 7 heteroatoms. The molecule has 5 nitrogen and oxygen atoms in total. The molecule has 0 bridgehead atoms. The summed E-state index contributed by atoms with van der Waals surface area (Å²) in [4.78, 5) is 14.6. The van der Waals surface area contributed by atoms with Crippen LogP contribution in [-0.2, 0) is 0 Å². The minimum absolute atomic E-state index is 0.0337. The average molecular weight is 442 g/mol. The number of hydrogen-bond donors (Lipinski definition) is 1. The minimum Gasteiger partial charge on any atom is -0.451 e. The smallest absolute Gasteiger partial charge is 0.307 e. The van der Waals surface area contributed by atoms with Crippen molar-refractivity contribution < 1.29 is 13.6 Å². The number of rotatable bonds is 4. The molecule has 1 amide bonds. The topological polar surface area (TPSA) is 57.8 Å². The van der Waals surface area contributed by atoms with Crippen LogP contribution in [0.5, 0.6) is 0 Å². The van der Waals surface area contributed by atoms with Gasteiger partial charge < -0.3 is 9.32 Å². The lowest BCUT2D eigenvalue weighted by atomic mass is 9.79. The van der Waals surface area contributed by atoms with E-state index in [0.29, 0.717) is 16.2 Å². The highest BCUT2D eigenvalue weighted by Gasteiger charge is 2.36. The third-order valence-corrected chi connectivity index (χ3v) is 6.13. The maximum Gasteiger partial charge on any atom is 0.307 e. The zero-order chi connectivity index (χ0) is 22.3. The Bertz CT molecular complexity index is 1190. The van der Waals surface area contributed by atoms with Gasteiger partial charge in [0, 0.05) is 33.7 Å². The second-order valence-corrected chi connectivity index (χ2v) is 9.02. The molecule has 1 N–H and O–H groups in total. The van der Waals surface area contributed by atoms with Crippen molar-refractivity contribution in [2.45, 2.75) is 45.6 Å². The van der Waals surface area contributed by atoms with Gasteiger partial charge in [0.15, 0.2) is 5.76 Å². The van der Waals surface area contributed by atoms with E-state index in [1.54, 1.807) is 30.3 Å². The molecule has 1 aliphatic rings. The van der Waals surface area contributed by atoms with E-state index in [1.807, 2.05) is 6.07 Å². The number of nitrogens with zero attached hydrogens (tertiary/aromatic N) is 2. The Morgan fingerprint density at radius 2 is 2.13 bits per heavy atom. The number of halogens is 2. The van der Waals surface area contributed by atoms with Crippen LogP contribution in [0.1, 0.15) is 61.7 Å². The van der Waals surface area contributed by atoms with Gasteiger partial charge in [0.25, 0.3) is 0 Å². The van der Waals surface area contributed by atoms with E-state index in [9.17, 15) is 9.18 Å². The molecule has 1 unspecified atom stereocenters. The fraction of sp³-hybridized carbons (Fsp3) is 0.333. The molecule has 4 rings (SSSR count). The summed E-state index contributed by atoms with van der Waals surface area (Å²) in [6.45, 7) is 9.41. The molecule has 162 valence electrons. The van der Waals surface area contributed by atoms with E-state index in [0.717, 1.165) is 29.6 Å². The van der Waals surface area contributed by atoms with E-state index in [1.165, 1.54) is 6.21 Å². The monoisotopic (exact) mass is 441 g/mol. The predicted molar refractivity (Wildman–Crippen MR) is 123 cm³/mol. The Hall–Kier alpha value is -2.86. The van der Waals surface area contributed by atoms with Crippen molar-refractivity contribution in [2.24, 2.45) is 5.10 Å². The molecular formula is C24H25ClFN3O2. The Morgan fingerprint density at radius 3 is 2.87 bits per heavy atom. The van der Waals surface area contributed by atoms with E-state index < -0.39 is 5.91 Å². The van der Waals surface area contributed by atoms with Crippen LogP contribution in [-0.4, -0.2) is 24.2 Å². The number of hydrazone groups is 1. The molecule has 0 radical (unpaired) electrons. The molecule has 3 aromatic rings. The maximum absolute atomic E-state index is 14.8. The van der Waals surface area contributed by atoms with Crippen LogP contribution < -0.4 is 10.3 Å². The highest BCUT2D eigenvalue weighted by molar-refractivity contribution is 6.31. The lowest BCUT2D eigenvalue weighted by molar-refractivity contribution is 0.0929. The first-order valence-corrected chi connectivity index (χ1v) is 10.7.